The summed E-state index contributed by atoms with van der Waals surface area (Å²) in [5, 5.41) is 12.1. The van der Waals surface area contributed by atoms with E-state index in [2.05, 4.69) is 28.2 Å². The van der Waals surface area contributed by atoms with Gasteiger partial charge >= 0.3 is 6.03 Å². The van der Waals surface area contributed by atoms with Crippen molar-refractivity contribution >= 4 is 17.4 Å². The zero-order valence-corrected chi connectivity index (χ0v) is 15.2. The second kappa shape index (κ2) is 8.54. The van der Waals surface area contributed by atoms with Gasteiger partial charge in [-0.1, -0.05) is 12.1 Å². The number of nitrogens with zero attached hydrogens (tertiary/aromatic N) is 3. The Balaban J connectivity index is 1.66. The van der Waals surface area contributed by atoms with Gasteiger partial charge in [-0.05, 0) is 44.9 Å². The highest BCUT2D eigenvalue weighted by Crippen LogP contribution is 2.30. The number of nitrogens with one attached hydrogen (secondary N) is 1. The Labute approximate surface area is 150 Å². The van der Waals surface area contributed by atoms with E-state index in [0.717, 1.165) is 63.2 Å². The van der Waals surface area contributed by atoms with Crippen LogP contribution < -0.4 is 10.2 Å². The lowest BCUT2D eigenvalue weighted by Gasteiger charge is -2.35. The van der Waals surface area contributed by atoms with E-state index in [-0.39, 0.29) is 12.6 Å². The zero-order valence-electron chi connectivity index (χ0n) is 15.2. The van der Waals surface area contributed by atoms with Crippen LogP contribution in [0.4, 0.5) is 16.2 Å². The second-order valence-electron chi connectivity index (χ2n) is 7.09. The second-order valence-corrected chi connectivity index (χ2v) is 7.09. The number of aliphatic hydroxyl groups is 1. The number of urea groups is 1. The van der Waals surface area contributed by atoms with E-state index in [0.29, 0.717) is 12.6 Å². The summed E-state index contributed by atoms with van der Waals surface area (Å²) in [4.78, 5) is 19.4. The highest BCUT2D eigenvalue weighted by molar-refractivity contribution is 5.93. The van der Waals surface area contributed by atoms with E-state index in [1.165, 1.54) is 0 Å². The molecule has 1 aromatic carbocycles. The number of hydrogen-bond acceptors (Lipinski definition) is 4. The van der Waals surface area contributed by atoms with Gasteiger partial charge in [0.1, 0.15) is 0 Å². The first kappa shape index (κ1) is 18.0. The molecule has 0 atom stereocenters. The molecular weight excluding hydrogens is 316 g/mol. The van der Waals surface area contributed by atoms with Crippen molar-refractivity contribution in [3.63, 3.8) is 0 Å². The molecule has 2 fully saturated rings. The SMILES string of the molecule is CN1CCN(c2ccccc2NC(=O)N(CCCCO)C2CC2)CC1. The molecule has 1 heterocycles. The first-order valence-corrected chi connectivity index (χ1v) is 9.40. The van der Waals surface area contributed by atoms with Gasteiger partial charge in [0, 0.05) is 45.4 Å². The first-order chi connectivity index (χ1) is 12.2. The number of likely N-dealkylation sites (N-methyl/N-ethyl adjacent to an activating group) is 1. The predicted molar refractivity (Wildman–Crippen MR) is 101 cm³/mol. The Kier molecular flexibility index (Phi) is 6.15. The fourth-order valence-corrected chi connectivity index (χ4v) is 3.32. The highest BCUT2D eigenvalue weighted by atomic mass is 16.3. The number of rotatable bonds is 7. The van der Waals surface area contributed by atoms with E-state index in [9.17, 15) is 4.79 Å². The minimum atomic E-state index is -0.0120. The molecule has 0 radical (unpaired) electrons. The van der Waals surface area contributed by atoms with Crippen LogP contribution in [0.2, 0.25) is 0 Å². The Bertz CT molecular complexity index is 568. The Morgan fingerprint density at radius 2 is 1.92 bits per heavy atom. The standard InChI is InChI=1S/C19H30N4O2/c1-21-11-13-22(14-12-21)18-7-3-2-6-17(18)20-19(25)23(16-8-9-16)10-4-5-15-24/h2-3,6-7,16,24H,4-5,8-15H2,1H3,(H,20,25). The third-order valence-corrected chi connectivity index (χ3v) is 5.05. The van der Waals surface area contributed by atoms with Gasteiger partial charge < -0.3 is 25.1 Å². The van der Waals surface area contributed by atoms with E-state index >= 15 is 0 Å². The van der Waals surface area contributed by atoms with E-state index < -0.39 is 0 Å². The van der Waals surface area contributed by atoms with Crippen LogP contribution in [0.3, 0.4) is 0 Å². The predicted octanol–water partition coefficient (Wildman–Crippen LogP) is 2.21. The molecule has 3 rings (SSSR count). The van der Waals surface area contributed by atoms with Gasteiger partial charge in [-0.2, -0.15) is 0 Å². The molecule has 0 bridgehead atoms. The van der Waals surface area contributed by atoms with Crippen LogP contribution in [-0.2, 0) is 0 Å². The number of para-hydroxylation sites is 2. The maximum Gasteiger partial charge on any atom is 0.322 e. The zero-order chi connectivity index (χ0) is 17.6. The molecule has 25 heavy (non-hydrogen) atoms. The highest BCUT2D eigenvalue weighted by Gasteiger charge is 2.32. The van der Waals surface area contributed by atoms with E-state index in [4.69, 9.17) is 5.11 Å². The molecule has 0 spiro atoms. The van der Waals surface area contributed by atoms with Gasteiger partial charge in [0.15, 0.2) is 0 Å². The topological polar surface area (TPSA) is 59.0 Å². The molecule has 0 aromatic heterocycles. The molecule has 1 aromatic rings. The lowest BCUT2D eigenvalue weighted by molar-refractivity contribution is 0.204. The molecule has 2 aliphatic rings. The van der Waals surface area contributed by atoms with Gasteiger partial charge in [0.2, 0.25) is 0 Å². The molecule has 1 saturated heterocycles. The normalized spacial score (nSPS) is 18.2. The number of anilines is 2. The molecule has 6 nitrogen and oxygen atoms in total. The number of carbonyl (C=O) groups is 1. The summed E-state index contributed by atoms with van der Waals surface area (Å²) < 4.78 is 0. The van der Waals surface area contributed by atoms with E-state index in [1.807, 2.05) is 23.1 Å². The largest absolute Gasteiger partial charge is 0.396 e. The molecule has 2 N–H and O–H groups in total. The van der Waals surface area contributed by atoms with Crippen LogP contribution in [-0.4, -0.2) is 73.4 Å². The molecule has 2 amide bonds. The van der Waals surface area contributed by atoms with Gasteiger partial charge in [0.25, 0.3) is 0 Å². The minimum absolute atomic E-state index is 0.0120. The van der Waals surface area contributed by atoms with Crippen LogP contribution in [0.1, 0.15) is 25.7 Å². The third kappa shape index (κ3) is 4.86. The minimum Gasteiger partial charge on any atom is -0.396 e. The maximum atomic E-state index is 12.8. The number of aliphatic hydroxyl groups excluding tert-OH is 1. The van der Waals surface area contributed by atoms with Crippen LogP contribution >= 0.6 is 0 Å². The van der Waals surface area contributed by atoms with Crippen LogP contribution in [0, 0.1) is 0 Å². The number of hydrogen-bond donors (Lipinski definition) is 2. The fraction of sp³-hybridized carbons (Fsp3) is 0.632. The van der Waals surface area contributed by atoms with Crippen molar-refractivity contribution in [1.29, 1.82) is 0 Å². The summed E-state index contributed by atoms with van der Waals surface area (Å²) in [5.74, 6) is 0. The lowest BCUT2D eigenvalue weighted by Crippen LogP contribution is -2.45. The number of benzene rings is 1. The van der Waals surface area contributed by atoms with Gasteiger partial charge in [0.05, 0.1) is 11.4 Å². The third-order valence-electron chi connectivity index (χ3n) is 5.05. The van der Waals surface area contributed by atoms with Crippen molar-refractivity contribution in [2.24, 2.45) is 0 Å². The Morgan fingerprint density at radius 1 is 1.20 bits per heavy atom. The smallest absolute Gasteiger partial charge is 0.322 e. The number of amides is 2. The quantitative estimate of drug-likeness (QED) is 0.743. The van der Waals surface area contributed by atoms with Gasteiger partial charge in [-0.3, -0.25) is 0 Å². The molecule has 1 aliphatic heterocycles. The van der Waals surface area contributed by atoms with Crippen molar-refractivity contribution < 1.29 is 9.90 Å². The fourth-order valence-electron chi connectivity index (χ4n) is 3.32. The van der Waals surface area contributed by atoms with Gasteiger partial charge in [-0.15, -0.1) is 0 Å². The van der Waals surface area contributed by atoms with Crippen molar-refractivity contribution in [2.45, 2.75) is 31.7 Å². The summed E-state index contributed by atoms with van der Waals surface area (Å²) in [5.41, 5.74) is 2.00. The van der Waals surface area contributed by atoms with Crippen LogP contribution in [0.15, 0.2) is 24.3 Å². The average Bonchev–Trinajstić information content (AvgIpc) is 3.45. The summed E-state index contributed by atoms with van der Waals surface area (Å²) in [6, 6.07) is 8.45. The van der Waals surface area contributed by atoms with Crippen LogP contribution in [0.5, 0.6) is 0 Å². The van der Waals surface area contributed by atoms with Crippen LogP contribution in [0.25, 0.3) is 0 Å². The Hall–Kier alpha value is -1.79. The maximum absolute atomic E-state index is 12.8. The average molecular weight is 346 g/mol. The molecule has 1 aliphatic carbocycles. The molecule has 138 valence electrons. The van der Waals surface area contributed by atoms with Crippen molar-refractivity contribution in [2.75, 3.05) is 56.6 Å². The first-order valence-electron chi connectivity index (χ1n) is 9.40. The van der Waals surface area contributed by atoms with Crippen molar-refractivity contribution in [3.8, 4) is 0 Å². The summed E-state index contributed by atoms with van der Waals surface area (Å²) >= 11 is 0. The number of carbonyl (C=O) groups excluding carboxylic acids is 1. The lowest BCUT2D eigenvalue weighted by atomic mass is 10.2. The molecule has 0 unspecified atom stereocenters. The monoisotopic (exact) mass is 346 g/mol. The van der Waals surface area contributed by atoms with Crippen molar-refractivity contribution in [3.05, 3.63) is 24.3 Å². The summed E-state index contributed by atoms with van der Waals surface area (Å²) in [6.07, 6.45) is 3.77. The molecule has 6 heteroatoms. The van der Waals surface area contributed by atoms with Gasteiger partial charge in [-0.25, -0.2) is 4.79 Å². The molecular formula is C19H30N4O2. The summed E-state index contributed by atoms with van der Waals surface area (Å²) in [7, 11) is 2.14. The van der Waals surface area contributed by atoms with E-state index in [1.54, 1.807) is 0 Å². The summed E-state index contributed by atoms with van der Waals surface area (Å²) in [6.45, 7) is 4.94. The number of piperazine rings is 1. The number of unbranched alkanes of at least 4 members (excludes halogenated alkanes) is 1. The van der Waals surface area contributed by atoms with Crippen molar-refractivity contribution in [1.82, 2.24) is 9.80 Å². The Morgan fingerprint density at radius 3 is 2.60 bits per heavy atom. The molecule has 1 saturated carbocycles.